The van der Waals surface area contributed by atoms with Gasteiger partial charge in [-0.15, -0.1) is 0 Å². The lowest BCUT2D eigenvalue weighted by Crippen LogP contribution is -2.27. The smallest absolute Gasteiger partial charge is 0.344 e. The minimum absolute atomic E-state index is 0.102. The van der Waals surface area contributed by atoms with Crippen molar-refractivity contribution in [3.05, 3.63) is 58.5 Å². The number of thioether (sulfide) groups is 1. The number of anilines is 1. The van der Waals surface area contributed by atoms with Gasteiger partial charge in [0.1, 0.15) is 0 Å². The minimum atomic E-state index is -1.09. The summed E-state index contributed by atoms with van der Waals surface area (Å²) in [7, 11) is 1.44. The Morgan fingerprint density at radius 2 is 1.94 bits per heavy atom. The lowest BCUT2D eigenvalue weighted by Gasteiger charge is -2.15. The van der Waals surface area contributed by atoms with Crippen LogP contribution < -0.4 is 14.4 Å². The number of benzene rings is 2. The van der Waals surface area contributed by atoms with E-state index in [4.69, 9.17) is 26.8 Å². The van der Waals surface area contributed by atoms with Gasteiger partial charge in [-0.25, -0.2) is 4.79 Å². The molecule has 0 spiro atoms. The molecule has 0 aromatic heterocycles. The maximum atomic E-state index is 13.0. The third kappa shape index (κ3) is 4.95. The van der Waals surface area contributed by atoms with Crippen LogP contribution in [0.25, 0.3) is 6.08 Å². The third-order valence-corrected chi connectivity index (χ3v) is 5.74. The monoisotopic (exact) mass is 457 g/mol. The Balaban J connectivity index is 1.88. The predicted octanol–water partition coefficient (Wildman–Crippen LogP) is 4.16. The first-order valence-electron chi connectivity index (χ1n) is 9.17. The molecule has 0 saturated carbocycles. The fourth-order valence-electron chi connectivity index (χ4n) is 2.82. The Labute approximate surface area is 188 Å². The van der Waals surface area contributed by atoms with E-state index in [0.717, 1.165) is 11.8 Å². The molecule has 1 aliphatic heterocycles. The predicted molar refractivity (Wildman–Crippen MR) is 123 cm³/mol. The number of hydrogen-bond donors (Lipinski definition) is 1. The molecule has 1 amide bonds. The van der Waals surface area contributed by atoms with Gasteiger partial charge in [0, 0.05) is 5.56 Å². The number of thiocarbonyl (C=S) groups is 1. The van der Waals surface area contributed by atoms with E-state index in [2.05, 4.69) is 0 Å². The Hall–Kier alpha value is -3.17. The van der Waals surface area contributed by atoms with Gasteiger partial charge in [0.15, 0.2) is 27.7 Å². The fraction of sp³-hybridized carbons (Fsp3) is 0.182. The molecule has 31 heavy (non-hydrogen) atoms. The van der Waals surface area contributed by atoms with Crippen molar-refractivity contribution in [2.45, 2.75) is 20.0 Å². The van der Waals surface area contributed by atoms with Crippen molar-refractivity contribution in [1.29, 1.82) is 0 Å². The Morgan fingerprint density at radius 1 is 1.19 bits per heavy atom. The number of aliphatic carboxylic acids is 1. The second-order valence-corrected chi connectivity index (χ2v) is 8.31. The SMILES string of the molecule is COc1cc(/C=C2/SC(=S)N(c3cccc(C(C)=O)c3)C2=O)ccc1OC(C)C(=O)O. The Kier molecular flexibility index (Phi) is 6.77. The first-order chi connectivity index (χ1) is 14.7. The summed E-state index contributed by atoms with van der Waals surface area (Å²) in [6.45, 7) is 2.88. The van der Waals surface area contributed by atoms with E-state index < -0.39 is 12.1 Å². The number of methoxy groups -OCH3 is 1. The molecule has 2 aromatic carbocycles. The van der Waals surface area contributed by atoms with Crippen LogP contribution in [0.5, 0.6) is 11.5 Å². The van der Waals surface area contributed by atoms with E-state index in [-0.39, 0.29) is 17.4 Å². The van der Waals surface area contributed by atoms with Crippen molar-refractivity contribution in [3.63, 3.8) is 0 Å². The number of carboxylic acids is 1. The number of rotatable bonds is 7. The van der Waals surface area contributed by atoms with E-state index >= 15 is 0 Å². The van der Waals surface area contributed by atoms with Crippen molar-refractivity contribution in [3.8, 4) is 11.5 Å². The highest BCUT2D eigenvalue weighted by Crippen LogP contribution is 2.37. The molecule has 7 nitrogen and oxygen atoms in total. The van der Waals surface area contributed by atoms with Crippen LogP contribution in [0.4, 0.5) is 5.69 Å². The maximum Gasteiger partial charge on any atom is 0.344 e. The molecule has 9 heteroatoms. The lowest BCUT2D eigenvalue weighted by molar-refractivity contribution is -0.144. The second kappa shape index (κ2) is 9.32. The number of ether oxygens (including phenoxy) is 2. The zero-order valence-corrected chi connectivity index (χ0v) is 18.6. The molecule has 1 N–H and O–H groups in total. The number of nitrogens with zero attached hydrogens (tertiary/aromatic N) is 1. The third-order valence-electron chi connectivity index (χ3n) is 4.44. The summed E-state index contributed by atoms with van der Waals surface area (Å²) >= 11 is 6.54. The molecule has 0 bridgehead atoms. The van der Waals surface area contributed by atoms with E-state index in [1.807, 2.05) is 0 Å². The first-order valence-corrected chi connectivity index (χ1v) is 10.4. The molecule has 0 aliphatic carbocycles. The average molecular weight is 458 g/mol. The van der Waals surface area contributed by atoms with Crippen LogP contribution in [-0.2, 0) is 9.59 Å². The highest BCUT2D eigenvalue weighted by Gasteiger charge is 2.33. The minimum Gasteiger partial charge on any atom is -0.493 e. The number of carbonyl (C=O) groups excluding carboxylic acids is 2. The average Bonchev–Trinajstić information content (AvgIpc) is 3.01. The van der Waals surface area contributed by atoms with Crippen LogP contribution in [0.15, 0.2) is 47.4 Å². The second-order valence-electron chi connectivity index (χ2n) is 6.63. The molecule has 1 atom stereocenters. The van der Waals surface area contributed by atoms with Gasteiger partial charge >= 0.3 is 5.97 Å². The van der Waals surface area contributed by atoms with Crippen LogP contribution in [0.2, 0.25) is 0 Å². The largest absolute Gasteiger partial charge is 0.493 e. The van der Waals surface area contributed by atoms with E-state index in [1.54, 1.807) is 48.5 Å². The number of carbonyl (C=O) groups is 3. The molecular formula is C22H19NO6S2. The number of amides is 1. The van der Waals surface area contributed by atoms with Gasteiger partial charge in [0.05, 0.1) is 17.7 Å². The molecule has 1 saturated heterocycles. The summed E-state index contributed by atoms with van der Waals surface area (Å²) in [5.74, 6) is -0.873. The van der Waals surface area contributed by atoms with Gasteiger partial charge in [0.2, 0.25) is 0 Å². The fourth-order valence-corrected chi connectivity index (χ4v) is 4.12. The van der Waals surface area contributed by atoms with Crippen LogP contribution in [0.3, 0.4) is 0 Å². The van der Waals surface area contributed by atoms with Crippen molar-refractivity contribution in [2.75, 3.05) is 12.0 Å². The van der Waals surface area contributed by atoms with Crippen molar-refractivity contribution >= 4 is 57.7 Å². The molecule has 160 valence electrons. The van der Waals surface area contributed by atoms with Gasteiger partial charge in [-0.3, -0.25) is 14.5 Å². The number of hydrogen-bond acceptors (Lipinski definition) is 7. The zero-order chi connectivity index (χ0) is 22.7. The number of carboxylic acid groups (broad SMARTS) is 1. The first kappa shape index (κ1) is 22.5. The molecule has 3 rings (SSSR count). The van der Waals surface area contributed by atoms with Crippen LogP contribution >= 0.6 is 24.0 Å². The Morgan fingerprint density at radius 3 is 2.58 bits per heavy atom. The quantitative estimate of drug-likeness (QED) is 0.376. The summed E-state index contributed by atoms with van der Waals surface area (Å²) in [6.07, 6.45) is 0.628. The summed E-state index contributed by atoms with van der Waals surface area (Å²) in [6, 6.07) is 11.7. The van der Waals surface area contributed by atoms with Crippen LogP contribution in [0, 0.1) is 0 Å². The molecule has 1 unspecified atom stereocenters. The molecule has 1 fully saturated rings. The topological polar surface area (TPSA) is 93.1 Å². The zero-order valence-electron chi connectivity index (χ0n) is 16.9. The molecule has 1 aliphatic rings. The van der Waals surface area contributed by atoms with E-state index in [0.29, 0.717) is 31.8 Å². The van der Waals surface area contributed by atoms with Crippen LogP contribution in [-0.4, -0.2) is 40.3 Å². The van der Waals surface area contributed by atoms with Crippen molar-refractivity contribution in [2.24, 2.45) is 0 Å². The number of ketones is 1. The van der Waals surface area contributed by atoms with Crippen molar-refractivity contribution in [1.82, 2.24) is 0 Å². The van der Waals surface area contributed by atoms with Gasteiger partial charge in [-0.2, -0.15) is 0 Å². The summed E-state index contributed by atoms with van der Waals surface area (Å²) in [4.78, 5) is 37.5. The van der Waals surface area contributed by atoms with Gasteiger partial charge < -0.3 is 14.6 Å². The highest BCUT2D eigenvalue weighted by molar-refractivity contribution is 8.27. The van der Waals surface area contributed by atoms with Gasteiger partial charge in [0.25, 0.3) is 5.91 Å². The molecule has 1 heterocycles. The summed E-state index contributed by atoms with van der Waals surface area (Å²) in [5, 5.41) is 9.02. The van der Waals surface area contributed by atoms with Gasteiger partial charge in [-0.05, 0) is 49.8 Å². The van der Waals surface area contributed by atoms with Crippen molar-refractivity contribution < 1.29 is 29.0 Å². The molecular weight excluding hydrogens is 438 g/mol. The molecule has 2 aromatic rings. The lowest BCUT2D eigenvalue weighted by atomic mass is 10.1. The van der Waals surface area contributed by atoms with Gasteiger partial charge in [-0.1, -0.05) is 42.2 Å². The molecule has 0 radical (unpaired) electrons. The van der Waals surface area contributed by atoms with E-state index in [9.17, 15) is 14.4 Å². The maximum absolute atomic E-state index is 13.0. The standard InChI is InChI=1S/C22H19NO6S2/c1-12(24)15-5-4-6-16(11-15)23-20(25)19(31-22(23)30)10-14-7-8-17(18(9-14)28-3)29-13(2)21(26)27/h4-11,13H,1-3H3,(H,26,27)/b19-10+. The van der Waals surface area contributed by atoms with E-state index in [1.165, 1.54) is 25.9 Å². The summed E-state index contributed by atoms with van der Waals surface area (Å²) in [5.41, 5.74) is 1.68. The van der Waals surface area contributed by atoms with Crippen LogP contribution in [0.1, 0.15) is 29.8 Å². The number of Topliss-reactive ketones (excluding diaryl/α,β-unsaturated/α-hetero) is 1. The highest BCUT2D eigenvalue weighted by atomic mass is 32.2. The normalized spacial score (nSPS) is 15.8. The Bertz CT molecular complexity index is 1110. The summed E-state index contributed by atoms with van der Waals surface area (Å²) < 4.78 is 11.1.